The number of anilines is 2. The molecule has 0 saturated carbocycles. The van der Waals surface area contributed by atoms with E-state index in [9.17, 15) is 35.6 Å². The van der Waals surface area contributed by atoms with E-state index in [0.717, 1.165) is 63.9 Å². The number of para-hydroxylation sites is 2. The molecule has 0 fully saturated rings. The molecule has 12 nitrogen and oxygen atoms in total. The van der Waals surface area contributed by atoms with Gasteiger partial charge in [0.15, 0.2) is 16.5 Å². The van der Waals surface area contributed by atoms with Crippen molar-refractivity contribution in [1.29, 1.82) is 0 Å². The molecule has 0 amide bonds. The van der Waals surface area contributed by atoms with Crippen molar-refractivity contribution < 1.29 is 26.0 Å². The Morgan fingerprint density at radius 3 is 1.42 bits per heavy atom. The third kappa shape index (κ3) is 7.69. The molecule has 0 bridgehead atoms. The third-order valence-electron chi connectivity index (χ3n) is 9.33. The Morgan fingerprint density at radius 1 is 0.583 bits per heavy atom. The maximum atomic E-state index is 14.5. The number of fused-ring (bicyclic) bond motifs is 2. The summed E-state index contributed by atoms with van der Waals surface area (Å²) in [6.07, 6.45) is 2.69. The van der Waals surface area contributed by atoms with E-state index in [1.54, 1.807) is 49.6 Å². The molecule has 4 N–H and O–H groups in total. The zero-order valence-corrected chi connectivity index (χ0v) is 33.7. The predicted octanol–water partition coefficient (Wildman–Crippen LogP) is 7.36. The first kappa shape index (κ1) is 41.2. The van der Waals surface area contributed by atoms with E-state index in [1.807, 2.05) is 13.0 Å². The lowest BCUT2D eigenvalue weighted by Gasteiger charge is -2.15. The number of nitrogens with two attached hydrogens (primary N) is 2. The summed E-state index contributed by atoms with van der Waals surface area (Å²) in [7, 11) is -3.94. The van der Waals surface area contributed by atoms with Crippen molar-refractivity contribution in [3.63, 3.8) is 0 Å². The molecule has 4 aromatic carbocycles. The van der Waals surface area contributed by atoms with Crippen LogP contribution in [0.4, 0.5) is 28.9 Å². The van der Waals surface area contributed by atoms with Crippen LogP contribution in [0, 0.1) is 37.1 Å². The van der Waals surface area contributed by atoms with Crippen molar-refractivity contribution in [3.05, 3.63) is 152 Å². The fourth-order valence-electron chi connectivity index (χ4n) is 6.48. The molecule has 304 valence electrons. The Bertz CT molecular complexity index is 3250. The van der Waals surface area contributed by atoms with Crippen LogP contribution in [0.2, 0.25) is 0 Å². The Labute approximate surface area is 343 Å². The fourth-order valence-corrected chi connectivity index (χ4v) is 7.35. The van der Waals surface area contributed by atoms with E-state index >= 15 is 0 Å². The number of hydrogen-bond acceptors (Lipinski definition) is 11. The minimum atomic E-state index is -3.94. The van der Waals surface area contributed by atoms with Crippen LogP contribution in [-0.4, -0.2) is 50.0 Å². The number of nitrogens with zero attached hydrogens (tertiary/aromatic N) is 6. The summed E-state index contributed by atoms with van der Waals surface area (Å²) in [4.78, 5) is 42.5. The van der Waals surface area contributed by atoms with Crippen LogP contribution < -0.4 is 22.6 Å². The van der Waals surface area contributed by atoms with Gasteiger partial charge in [-0.3, -0.25) is 18.7 Å². The van der Waals surface area contributed by atoms with Crippen molar-refractivity contribution in [2.75, 3.05) is 24.0 Å². The summed E-state index contributed by atoms with van der Waals surface area (Å²) in [5.74, 6) is -3.72. The molecule has 0 saturated heterocycles. The van der Waals surface area contributed by atoms with Crippen LogP contribution in [0.15, 0.2) is 117 Å². The van der Waals surface area contributed by atoms with Crippen molar-refractivity contribution in [1.82, 2.24) is 29.1 Å². The number of benzene rings is 4. The first-order valence-electron chi connectivity index (χ1n) is 17.7. The third-order valence-corrected chi connectivity index (χ3v) is 10.7. The SMILES string of the molecule is CSc1nc(-c2cc(N)ccc2C)c2ccc(=O)n(-c3c(F)cccc3F)c2n1.Cc1ccc(N)cc1-c1nc(S(C)(=O)=O)nc2c1ccc(=O)n2-c1c(F)cccc1F. The quantitative estimate of drug-likeness (QED) is 0.0738. The number of rotatable bonds is 6. The molecule has 4 heterocycles. The van der Waals surface area contributed by atoms with Crippen LogP contribution in [-0.2, 0) is 9.84 Å². The smallest absolute Gasteiger partial charge is 0.256 e. The summed E-state index contributed by atoms with van der Waals surface area (Å²) < 4.78 is 84.3. The molecule has 0 radical (unpaired) electrons. The molecule has 8 aromatic rings. The van der Waals surface area contributed by atoms with Crippen LogP contribution in [0.1, 0.15) is 11.1 Å². The highest BCUT2D eigenvalue weighted by Crippen LogP contribution is 2.34. The standard InChI is InChI=1S/C21H16F2N4O3S.C21H16F2N4OS/c1-11-6-7-12(24)10-14(11)18-13-8-9-17(28)27(19-15(22)4-3-5-16(19)23)20(13)26-21(25-18)31(2,29)30;1-11-6-7-12(24)10-14(11)18-13-8-9-17(28)27(20(13)26-21(25-18)29-2)19-15(22)4-3-5-16(19)23/h3-10H,24H2,1-2H3;3-10H,24H2,1-2H3. The number of aromatic nitrogens is 6. The molecular weight excluding hydrogens is 821 g/mol. The molecule has 4 aromatic heterocycles. The summed E-state index contributed by atoms with van der Waals surface area (Å²) in [5, 5.41) is 0.487. The minimum absolute atomic E-state index is 0.123. The lowest BCUT2D eigenvalue weighted by Crippen LogP contribution is -2.22. The zero-order valence-electron chi connectivity index (χ0n) is 32.0. The van der Waals surface area contributed by atoms with Crippen LogP contribution >= 0.6 is 11.8 Å². The van der Waals surface area contributed by atoms with Crippen LogP contribution in [0.3, 0.4) is 0 Å². The average molecular weight is 853 g/mol. The van der Waals surface area contributed by atoms with Gasteiger partial charge in [0, 0.05) is 51.7 Å². The van der Waals surface area contributed by atoms with Crippen molar-refractivity contribution in [3.8, 4) is 33.9 Å². The Morgan fingerprint density at radius 2 is 1.00 bits per heavy atom. The van der Waals surface area contributed by atoms with Gasteiger partial charge in [0.1, 0.15) is 34.6 Å². The second-order valence-corrected chi connectivity index (χ2v) is 16.1. The maximum absolute atomic E-state index is 14.5. The molecule has 18 heteroatoms. The van der Waals surface area contributed by atoms with E-state index in [1.165, 1.54) is 30.0 Å². The lowest BCUT2D eigenvalue weighted by molar-refractivity contribution is 0.567. The summed E-state index contributed by atoms with van der Waals surface area (Å²) in [6.45, 7) is 3.68. The minimum Gasteiger partial charge on any atom is -0.399 e. The molecule has 8 rings (SSSR count). The highest BCUT2D eigenvalue weighted by molar-refractivity contribution is 7.98. The van der Waals surface area contributed by atoms with Crippen molar-refractivity contribution in [2.24, 2.45) is 0 Å². The van der Waals surface area contributed by atoms with E-state index in [4.69, 9.17) is 11.5 Å². The molecule has 0 aliphatic rings. The van der Waals surface area contributed by atoms with Crippen LogP contribution in [0.25, 0.3) is 56.0 Å². The van der Waals surface area contributed by atoms with Gasteiger partial charge in [-0.15, -0.1) is 0 Å². The molecule has 0 spiro atoms. The van der Waals surface area contributed by atoms with E-state index in [2.05, 4.69) is 19.9 Å². The van der Waals surface area contributed by atoms with Crippen molar-refractivity contribution >= 4 is 55.0 Å². The van der Waals surface area contributed by atoms with Gasteiger partial charge in [-0.05, 0) is 91.9 Å². The maximum Gasteiger partial charge on any atom is 0.256 e. The predicted molar refractivity (Wildman–Crippen MR) is 224 cm³/mol. The molecule has 0 atom stereocenters. The number of nitrogen functional groups attached to an aromatic ring is 2. The first-order chi connectivity index (χ1) is 28.5. The van der Waals surface area contributed by atoms with E-state index in [0.29, 0.717) is 37.7 Å². The highest BCUT2D eigenvalue weighted by atomic mass is 32.2. The summed E-state index contributed by atoms with van der Waals surface area (Å²) >= 11 is 1.26. The molecular formula is C42H32F4N8O4S2. The number of thioether (sulfide) groups is 1. The highest BCUT2D eigenvalue weighted by Gasteiger charge is 2.24. The summed E-state index contributed by atoms with van der Waals surface area (Å²) in [5.41, 5.74) is 13.8. The number of sulfone groups is 1. The second kappa shape index (κ2) is 16.0. The van der Waals surface area contributed by atoms with Gasteiger partial charge < -0.3 is 11.5 Å². The number of halogens is 4. The van der Waals surface area contributed by atoms with Gasteiger partial charge in [0.2, 0.25) is 15.0 Å². The fraction of sp³-hybridized carbons (Fsp3) is 0.0952. The van der Waals surface area contributed by atoms with Crippen molar-refractivity contribution in [2.45, 2.75) is 24.2 Å². The van der Waals surface area contributed by atoms with Gasteiger partial charge in [0.25, 0.3) is 11.1 Å². The monoisotopic (exact) mass is 852 g/mol. The average Bonchev–Trinajstić information content (AvgIpc) is 3.20. The second-order valence-electron chi connectivity index (χ2n) is 13.5. The largest absolute Gasteiger partial charge is 0.399 e. The Kier molecular flexibility index (Phi) is 11.0. The first-order valence-corrected chi connectivity index (χ1v) is 20.8. The van der Waals surface area contributed by atoms with Crippen LogP contribution in [0.5, 0.6) is 0 Å². The van der Waals surface area contributed by atoms with Gasteiger partial charge in [0.05, 0.1) is 11.4 Å². The number of hydrogen-bond donors (Lipinski definition) is 2. The van der Waals surface area contributed by atoms with Gasteiger partial charge in [-0.1, -0.05) is 36.0 Å². The molecule has 0 unspecified atom stereocenters. The Balaban J connectivity index is 0.000000182. The molecule has 0 aliphatic carbocycles. The van der Waals surface area contributed by atoms with Gasteiger partial charge >= 0.3 is 0 Å². The number of pyridine rings is 2. The van der Waals surface area contributed by atoms with Gasteiger partial charge in [-0.2, -0.15) is 4.98 Å². The van der Waals surface area contributed by atoms with Gasteiger partial charge in [-0.25, -0.2) is 40.9 Å². The topological polar surface area (TPSA) is 182 Å². The molecule has 0 aliphatic heterocycles. The lowest BCUT2D eigenvalue weighted by atomic mass is 10.0. The zero-order chi connectivity index (χ0) is 43.2. The van der Waals surface area contributed by atoms with E-state index in [-0.39, 0.29) is 22.4 Å². The number of aryl methyl sites for hydroxylation is 2. The van der Waals surface area contributed by atoms with E-state index < -0.39 is 60.8 Å². The molecule has 60 heavy (non-hydrogen) atoms. The summed E-state index contributed by atoms with van der Waals surface area (Å²) in [6, 6.07) is 22.3. The normalized spacial score (nSPS) is 11.5. The Hall–Kier alpha value is -6.92.